The predicted octanol–water partition coefficient (Wildman–Crippen LogP) is 3.18. The summed E-state index contributed by atoms with van der Waals surface area (Å²) in [6, 6.07) is 5.74. The van der Waals surface area contributed by atoms with Gasteiger partial charge in [0.05, 0.1) is 48.3 Å². The number of amides is 5. The van der Waals surface area contributed by atoms with Gasteiger partial charge in [-0.15, -0.1) is 0 Å². The number of pyridine rings is 1. The van der Waals surface area contributed by atoms with Crippen LogP contribution in [0.15, 0.2) is 47.0 Å². The number of nitrogens with one attached hydrogen (secondary N) is 2. The molecule has 6 aromatic rings. The van der Waals surface area contributed by atoms with Gasteiger partial charge in [-0.1, -0.05) is 32.9 Å². The largest absolute Gasteiger partial charge is 0.491 e. The molecule has 71 heavy (non-hydrogen) atoms. The summed E-state index contributed by atoms with van der Waals surface area (Å²) < 4.78 is 23.4. The summed E-state index contributed by atoms with van der Waals surface area (Å²) in [5, 5.41) is 10.2. The van der Waals surface area contributed by atoms with Crippen LogP contribution in [0.4, 0.5) is 11.9 Å². The Labute approximate surface area is 409 Å². The van der Waals surface area contributed by atoms with Crippen LogP contribution in [0.2, 0.25) is 0 Å². The van der Waals surface area contributed by atoms with E-state index in [0.29, 0.717) is 122 Å². The topological polar surface area (TPSA) is 305 Å². The van der Waals surface area contributed by atoms with Gasteiger partial charge in [0.1, 0.15) is 28.1 Å². The second-order valence-electron chi connectivity index (χ2n) is 18.4. The van der Waals surface area contributed by atoms with Crippen molar-refractivity contribution >= 4 is 63.6 Å². The fraction of sp³-hybridized carbons (Fsp3) is 0.458. The molecule has 1 atom stereocenters. The number of primary amides is 2. The quantitative estimate of drug-likeness (QED) is 0.0542. The maximum Gasteiger partial charge on any atom is 0.295 e. The standard InChI is InChI=1S/C48H61N15O8/c1-7-33-39(71-29(6)53-33)44(67)57-46-54-34-20-30(40(50)64)22-37(69-16-11-12-59-24-48(25-59)26-60(15-17-70-48)45(68)32(49)18-27(3)4)38(34)61(46)13-9-10-14-62-42-35(21-31(23-52-42)41(51)65)55-47(62)56-43(66)36-19-28(5)58-63(36)8-2/h9-10,19-23,27,32H,7-8,11-18,24-26,49H2,1-6H3,(H2,50,64)(H2,51,65)(H,54,57,67)(H,55,56,66)/b10-9+/t32-/m0/s1. The minimum atomic E-state index is -0.696. The summed E-state index contributed by atoms with van der Waals surface area (Å²) in [4.78, 5) is 87.6. The van der Waals surface area contributed by atoms with Gasteiger partial charge in [-0.3, -0.25) is 48.8 Å². The van der Waals surface area contributed by atoms with Crippen molar-refractivity contribution in [3.63, 3.8) is 0 Å². The van der Waals surface area contributed by atoms with E-state index in [1.165, 1.54) is 18.3 Å². The maximum atomic E-state index is 13.8. The number of aryl methyl sites for hydroxylation is 4. The molecule has 0 unspecified atom stereocenters. The summed E-state index contributed by atoms with van der Waals surface area (Å²) >= 11 is 0. The van der Waals surface area contributed by atoms with Crippen LogP contribution in [-0.4, -0.2) is 136 Å². The smallest absolute Gasteiger partial charge is 0.295 e. The zero-order valence-electron chi connectivity index (χ0n) is 40.9. The number of benzene rings is 1. The number of fused-ring (bicyclic) bond motifs is 2. The van der Waals surface area contributed by atoms with Crippen LogP contribution >= 0.6 is 0 Å². The highest BCUT2D eigenvalue weighted by Gasteiger charge is 2.48. The van der Waals surface area contributed by atoms with Gasteiger partial charge in [0.25, 0.3) is 11.8 Å². The van der Waals surface area contributed by atoms with Crippen molar-refractivity contribution in [1.29, 1.82) is 0 Å². The van der Waals surface area contributed by atoms with E-state index in [-0.39, 0.29) is 54.4 Å². The molecule has 2 aliphatic rings. The van der Waals surface area contributed by atoms with E-state index >= 15 is 0 Å². The number of aromatic nitrogens is 8. The number of allylic oxidation sites excluding steroid dienone is 2. The van der Waals surface area contributed by atoms with Crippen LogP contribution in [-0.2, 0) is 35.6 Å². The Bertz CT molecular complexity index is 3030. The first kappa shape index (κ1) is 49.9. The minimum absolute atomic E-state index is 0.0402. The van der Waals surface area contributed by atoms with Gasteiger partial charge in [0.2, 0.25) is 35.4 Å². The van der Waals surface area contributed by atoms with Gasteiger partial charge < -0.3 is 40.6 Å². The third-order valence-corrected chi connectivity index (χ3v) is 12.4. The predicted molar refractivity (Wildman–Crippen MR) is 262 cm³/mol. The Balaban J connectivity index is 1.04. The molecule has 0 bridgehead atoms. The maximum absolute atomic E-state index is 13.8. The molecule has 376 valence electrons. The zero-order valence-corrected chi connectivity index (χ0v) is 40.9. The molecule has 0 aliphatic carbocycles. The fourth-order valence-corrected chi connectivity index (χ4v) is 9.17. The number of oxazole rings is 1. The second-order valence-corrected chi connectivity index (χ2v) is 18.4. The molecule has 0 radical (unpaired) electrons. The lowest BCUT2D eigenvalue weighted by molar-refractivity contribution is -0.189. The normalized spacial score (nSPS) is 15.2. The third kappa shape index (κ3) is 10.8. The molecular formula is C48H61N15O8. The van der Waals surface area contributed by atoms with Crippen molar-refractivity contribution < 1.29 is 37.9 Å². The van der Waals surface area contributed by atoms with Crippen LogP contribution in [0.5, 0.6) is 5.75 Å². The van der Waals surface area contributed by atoms with Gasteiger partial charge >= 0.3 is 0 Å². The molecule has 8 rings (SSSR count). The highest BCUT2D eigenvalue weighted by atomic mass is 16.5. The first-order chi connectivity index (χ1) is 34.0. The molecule has 8 N–H and O–H groups in total. The van der Waals surface area contributed by atoms with Crippen molar-refractivity contribution in [3.05, 3.63) is 82.5 Å². The molecule has 0 saturated carbocycles. The van der Waals surface area contributed by atoms with E-state index in [9.17, 15) is 24.0 Å². The van der Waals surface area contributed by atoms with Crippen LogP contribution < -0.4 is 32.6 Å². The number of nitrogens with zero attached hydrogens (tertiary/aromatic N) is 10. The van der Waals surface area contributed by atoms with Gasteiger partial charge in [-0.2, -0.15) is 5.10 Å². The van der Waals surface area contributed by atoms with Crippen LogP contribution in [0, 0.1) is 19.8 Å². The van der Waals surface area contributed by atoms with Crippen molar-refractivity contribution in [2.24, 2.45) is 23.1 Å². The number of hydrogen-bond acceptors (Lipinski definition) is 15. The molecule has 1 aromatic carbocycles. The Morgan fingerprint density at radius 3 is 2.28 bits per heavy atom. The van der Waals surface area contributed by atoms with E-state index in [2.05, 4.69) is 49.4 Å². The average Bonchev–Trinajstić information content (AvgIpc) is 4.09. The van der Waals surface area contributed by atoms with E-state index in [0.717, 1.165) is 0 Å². The summed E-state index contributed by atoms with van der Waals surface area (Å²) in [6.45, 7) is 15.7. The first-order valence-electron chi connectivity index (χ1n) is 23.8. The monoisotopic (exact) mass is 975 g/mol. The number of ether oxygens (including phenoxy) is 2. The Kier molecular flexibility index (Phi) is 14.6. The molecule has 23 heteroatoms. The van der Waals surface area contributed by atoms with Gasteiger partial charge in [-0.05, 0) is 63.3 Å². The second kappa shape index (κ2) is 20.8. The number of rotatable bonds is 20. The van der Waals surface area contributed by atoms with Crippen LogP contribution in [0.1, 0.15) is 99.6 Å². The lowest BCUT2D eigenvalue weighted by Gasteiger charge is -2.54. The molecule has 7 heterocycles. The highest BCUT2D eigenvalue weighted by molar-refractivity contribution is 6.05. The lowest BCUT2D eigenvalue weighted by atomic mass is 9.91. The summed E-state index contributed by atoms with van der Waals surface area (Å²) in [6.07, 6.45) is 6.66. The number of carbonyl (C=O) groups excluding carboxylic acids is 5. The molecule has 5 amide bonds. The Hall–Kier alpha value is -7.50. The van der Waals surface area contributed by atoms with Crippen LogP contribution in [0.3, 0.4) is 0 Å². The number of morpholine rings is 1. The first-order valence-corrected chi connectivity index (χ1v) is 23.8. The zero-order chi connectivity index (χ0) is 50.7. The van der Waals surface area contributed by atoms with Gasteiger partial charge in [0, 0.05) is 64.5 Å². The third-order valence-electron chi connectivity index (χ3n) is 12.4. The summed E-state index contributed by atoms with van der Waals surface area (Å²) in [5.41, 5.74) is 20.5. The molecule has 2 saturated heterocycles. The van der Waals surface area contributed by atoms with E-state index < -0.39 is 35.3 Å². The molecular weight excluding hydrogens is 915 g/mol. The highest BCUT2D eigenvalue weighted by Crippen LogP contribution is 2.33. The number of anilines is 2. The number of carbonyl (C=O) groups is 5. The van der Waals surface area contributed by atoms with Gasteiger partial charge in [-0.25, -0.2) is 19.9 Å². The molecule has 5 aromatic heterocycles. The van der Waals surface area contributed by atoms with E-state index in [1.54, 1.807) is 39.8 Å². The summed E-state index contributed by atoms with van der Waals surface area (Å²) in [7, 11) is 0. The number of hydrogen-bond donors (Lipinski definition) is 5. The SMILES string of the molecule is CCc1nc(C)oc1C(=O)Nc1nc2cc(C(N)=O)cc(OCCCN3CC4(C3)CN(C(=O)[C@@H](N)CC(C)C)CCO4)c2n1C/C=C/Cn1c(NC(=O)c2cc(C)nn2CC)nc2cc(C(N)=O)cnc21. The lowest BCUT2D eigenvalue weighted by Crippen LogP contribution is -2.71. The minimum Gasteiger partial charge on any atom is -0.491 e. The van der Waals surface area contributed by atoms with E-state index in [4.69, 9.17) is 36.1 Å². The average molecular weight is 976 g/mol. The Morgan fingerprint density at radius 2 is 1.58 bits per heavy atom. The summed E-state index contributed by atoms with van der Waals surface area (Å²) in [5.74, 6) is -1.16. The van der Waals surface area contributed by atoms with Crippen molar-refractivity contribution in [1.82, 2.24) is 48.7 Å². The van der Waals surface area contributed by atoms with Crippen LogP contribution in [0.25, 0.3) is 22.2 Å². The fourth-order valence-electron chi connectivity index (χ4n) is 9.17. The van der Waals surface area contributed by atoms with E-state index in [1.807, 2.05) is 30.9 Å². The number of nitrogens with two attached hydrogens (primary N) is 3. The molecule has 2 fully saturated rings. The number of likely N-dealkylation sites (tertiary alicyclic amines) is 1. The molecule has 23 nitrogen and oxygen atoms in total. The number of imidazole rings is 2. The van der Waals surface area contributed by atoms with Gasteiger partial charge in [0.15, 0.2) is 11.5 Å². The molecule has 1 spiro atoms. The molecule has 2 aliphatic heterocycles. The van der Waals surface area contributed by atoms with Crippen molar-refractivity contribution in [2.45, 2.75) is 92.1 Å². The van der Waals surface area contributed by atoms with Crippen molar-refractivity contribution in [2.75, 3.05) is 56.6 Å². The van der Waals surface area contributed by atoms with Crippen molar-refractivity contribution in [3.8, 4) is 5.75 Å². The Morgan fingerprint density at radius 1 is 0.887 bits per heavy atom.